The standard InChI is InChI=1S/C5H9Cl2O4P2/c6-13(7)10-3-5(4-11-13)1-8-12-9-2-5/h12H,1-4H2/q+1. The smallest absolute Gasteiger partial charge is 0.335 e. The fourth-order valence-corrected chi connectivity index (χ4v) is 3.44. The Kier molecular flexibility index (Phi) is 3.35. The Labute approximate surface area is 88.2 Å². The van der Waals surface area contributed by atoms with E-state index in [4.69, 9.17) is 40.6 Å². The van der Waals surface area contributed by atoms with Gasteiger partial charge in [0, 0.05) is 0 Å². The van der Waals surface area contributed by atoms with Gasteiger partial charge in [0.05, 0.1) is 18.6 Å². The maximum absolute atomic E-state index is 5.73. The first-order valence-electron chi connectivity index (χ1n) is 3.68. The maximum atomic E-state index is 5.73. The van der Waals surface area contributed by atoms with Crippen LogP contribution in [-0.2, 0) is 18.1 Å². The molecule has 0 amide bonds. The van der Waals surface area contributed by atoms with Crippen LogP contribution in [0.1, 0.15) is 0 Å². The van der Waals surface area contributed by atoms with Gasteiger partial charge < -0.3 is 9.05 Å². The number of rotatable bonds is 0. The van der Waals surface area contributed by atoms with Crippen molar-refractivity contribution in [3.05, 3.63) is 0 Å². The third kappa shape index (κ3) is 2.64. The molecule has 0 unspecified atom stereocenters. The van der Waals surface area contributed by atoms with Gasteiger partial charge in [0.2, 0.25) is 0 Å². The highest BCUT2D eigenvalue weighted by molar-refractivity contribution is 8.10. The molecule has 1 spiro atoms. The van der Waals surface area contributed by atoms with Gasteiger partial charge in [-0.15, -0.1) is 0 Å². The molecule has 0 bridgehead atoms. The zero-order valence-electron chi connectivity index (χ0n) is 6.66. The van der Waals surface area contributed by atoms with Gasteiger partial charge in [-0.1, -0.05) is 0 Å². The lowest BCUT2D eigenvalue weighted by Gasteiger charge is -2.36. The Morgan fingerprint density at radius 3 is 2.08 bits per heavy atom. The Hall–Kier alpha value is 1.28. The molecular weight excluding hydrogens is 257 g/mol. The molecule has 8 heteroatoms. The Bertz CT molecular complexity index is 185. The molecule has 0 aromatic rings. The molecule has 2 heterocycles. The van der Waals surface area contributed by atoms with E-state index in [-0.39, 0.29) is 14.4 Å². The van der Waals surface area contributed by atoms with Crippen LogP contribution < -0.4 is 0 Å². The highest BCUT2D eigenvalue weighted by Gasteiger charge is 2.52. The molecule has 0 aromatic heterocycles. The highest BCUT2D eigenvalue weighted by Crippen LogP contribution is 2.73. The van der Waals surface area contributed by atoms with Crippen molar-refractivity contribution in [1.82, 2.24) is 0 Å². The van der Waals surface area contributed by atoms with Crippen LogP contribution in [0.3, 0.4) is 0 Å². The summed E-state index contributed by atoms with van der Waals surface area (Å²) in [6, 6.07) is 0. The molecule has 4 nitrogen and oxygen atoms in total. The van der Waals surface area contributed by atoms with E-state index in [1.54, 1.807) is 0 Å². The van der Waals surface area contributed by atoms with Crippen molar-refractivity contribution < 1.29 is 18.1 Å². The van der Waals surface area contributed by atoms with E-state index in [1.807, 2.05) is 0 Å². The Morgan fingerprint density at radius 1 is 1.00 bits per heavy atom. The fourth-order valence-electron chi connectivity index (χ4n) is 1.12. The molecule has 0 saturated carbocycles. The van der Waals surface area contributed by atoms with E-state index in [2.05, 4.69) is 0 Å². The summed E-state index contributed by atoms with van der Waals surface area (Å²) in [5.41, 5.74) is -0.210. The maximum Gasteiger partial charge on any atom is 0.478 e. The molecular formula is C5H9Cl2O4P2+. The quantitative estimate of drug-likeness (QED) is 0.631. The van der Waals surface area contributed by atoms with E-state index < -0.39 is 6.42 Å². The Morgan fingerprint density at radius 2 is 1.54 bits per heavy atom. The van der Waals surface area contributed by atoms with E-state index in [0.29, 0.717) is 26.4 Å². The van der Waals surface area contributed by atoms with Gasteiger partial charge >= 0.3 is 6.42 Å². The molecule has 2 rings (SSSR count). The molecule has 2 saturated heterocycles. The molecule has 0 radical (unpaired) electrons. The molecule has 2 aliphatic heterocycles. The minimum absolute atomic E-state index is 0.118. The van der Waals surface area contributed by atoms with Crippen molar-refractivity contribution in [2.45, 2.75) is 0 Å². The minimum atomic E-state index is -2.59. The topological polar surface area (TPSA) is 36.9 Å². The van der Waals surface area contributed by atoms with Crippen LogP contribution in [0.15, 0.2) is 0 Å². The first-order chi connectivity index (χ1) is 6.12. The second-order valence-electron chi connectivity index (χ2n) is 3.12. The van der Waals surface area contributed by atoms with Crippen LogP contribution in [0, 0.1) is 5.41 Å². The lowest BCUT2D eigenvalue weighted by atomic mass is 9.93. The number of hydrogen-bond acceptors (Lipinski definition) is 4. The molecule has 0 aliphatic carbocycles. The zero-order valence-corrected chi connectivity index (χ0v) is 10.1. The van der Waals surface area contributed by atoms with E-state index >= 15 is 0 Å². The summed E-state index contributed by atoms with van der Waals surface area (Å²) >= 11 is 11.5. The molecule has 0 atom stereocenters. The molecule has 13 heavy (non-hydrogen) atoms. The zero-order chi connectivity index (χ0) is 9.36. The van der Waals surface area contributed by atoms with Crippen molar-refractivity contribution in [3.8, 4) is 0 Å². The van der Waals surface area contributed by atoms with Crippen LogP contribution in [0.25, 0.3) is 0 Å². The summed E-state index contributed by atoms with van der Waals surface area (Å²) < 4.78 is 20.8. The lowest BCUT2D eigenvalue weighted by molar-refractivity contribution is -0.0479. The molecule has 0 N–H and O–H groups in total. The van der Waals surface area contributed by atoms with Crippen molar-refractivity contribution in [2.24, 2.45) is 5.41 Å². The normalized spacial score (nSPS) is 31.8. The fraction of sp³-hybridized carbons (Fsp3) is 1.00. The third-order valence-corrected chi connectivity index (χ3v) is 4.47. The van der Waals surface area contributed by atoms with Gasteiger partial charge in [0.25, 0.3) is 0 Å². The number of halogens is 2. The van der Waals surface area contributed by atoms with Gasteiger partial charge in [-0.2, -0.15) is 9.05 Å². The first kappa shape index (κ1) is 10.8. The summed E-state index contributed by atoms with van der Waals surface area (Å²) in [5.74, 6) is 0. The Balaban J connectivity index is 1.95. The van der Waals surface area contributed by atoms with Gasteiger partial charge in [-0.25, -0.2) is 0 Å². The molecule has 2 aliphatic rings. The van der Waals surface area contributed by atoms with Gasteiger partial charge in [0.1, 0.15) is 13.2 Å². The predicted octanol–water partition coefficient (Wildman–Crippen LogP) is 2.73. The van der Waals surface area contributed by atoms with E-state index in [1.165, 1.54) is 0 Å². The minimum Gasteiger partial charge on any atom is -0.335 e. The second-order valence-corrected chi connectivity index (χ2v) is 8.40. The van der Waals surface area contributed by atoms with Gasteiger partial charge in [-0.05, 0) is 0 Å². The monoisotopic (exact) mass is 265 g/mol. The number of hydrogen-bond donors (Lipinski definition) is 0. The van der Waals surface area contributed by atoms with Crippen molar-refractivity contribution >= 4 is 37.9 Å². The average molecular weight is 266 g/mol. The van der Waals surface area contributed by atoms with Crippen molar-refractivity contribution in [2.75, 3.05) is 26.4 Å². The van der Waals surface area contributed by atoms with Crippen LogP contribution >= 0.6 is 37.9 Å². The van der Waals surface area contributed by atoms with E-state index in [9.17, 15) is 0 Å². The largest absolute Gasteiger partial charge is 0.478 e. The van der Waals surface area contributed by atoms with Crippen LogP contribution in [-0.4, -0.2) is 26.4 Å². The summed E-state index contributed by atoms with van der Waals surface area (Å²) in [6.07, 6.45) is -2.59. The van der Waals surface area contributed by atoms with Crippen LogP contribution in [0.2, 0.25) is 0 Å². The SMILES string of the molecule is Cl[P+]1(Cl)OCC2(COPOC2)CO1. The molecule has 0 aromatic carbocycles. The summed E-state index contributed by atoms with van der Waals surface area (Å²) in [5, 5.41) is 0. The van der Waals surface area contributed by atoms with Crippen molar-refractivity contribution in [3.63, 3.8) is 0 Å². The predicted molar refractivity (Wildman–Crippen MR) is 53.2 cm³/mol. The van der Waals surface area contributed by atoms with Crippen LogP contribution in [0.5, 0.6) is 0 Å². The van der Waals surface area contributed by atoms with Gasteiger partial charge in [-0.3, -0.25) is 0 Å². The van der Waals surface area contributed by atoms with Gasteiger partial charge in [0.15, 0.2) is 31.5 Å². The average Bonchev–Trinajstić information content (AvgIpc) is 2.13. The lowest BCUT2D eigenvalue weighted by Crippen LogP contribution is -2.44. The summed E-state index contributed by atoms with van der Waals surface area (Å²) in [4.78, 5) is 0. The summed E-state index contributed by atoms with van der Waals surface area (Å²) in [6.45, 7) is 2.05. The highest BCUT2D eigenvalue weighted by atomic mass is 35.9. The van der Waals surface area contributed by atoms with E-state index in [0.717, 1.165) is 0 Å². The summed E-state index contributed by atoms with van der Waals surface area (Å²) in [7, 11) is 0.118. The molecule has 2 fully saturated rings. The first-order valence-corrected chi connectivity index (χ1v) is 7.93. The van der Waals surface area contributed by atoms with Crippen LogP contribution in [0.4, 0.5) is 0 Å². The third-order valence-electron chi connectivity index (χ3n) is 1.92. The molecule has 76 valence electrons. The van der Waals surface area contributed by atoms with Crippen molar-refractivity contribution in [1.29, 1.82) is 0 Å². The second kappa shape index (κ2) is 4.03.